The topological polar surface area (TPSA) is 38.7 Å². The Morgan fingerprint density at radius 2 is 0.939 bits per heavy atom. The van der Waals surface area contributed by atoms with E-state index in [0.29, 0.717) is 12.1 Å². The fourth-order valence-corrected chi connectivity index (χ4v) is 3.82. The molecule has 0 atom stereocenters. The van der Waals surface area contributed by atoms with Crippen LogP contribution in [-0.4, -0.2) is 5.11 Å². The van der Waals surface area contributed by atoms with E-state index in [1.165, 1.54) is 0 Å². The second-order valence-corrected chi connectivity index (χ2v) is 11.5. The first-order valence-electron chi connectivity index (χ1n) is 8.37. The Morgan fingerprint density at radius 3 is 1.36 bits per heavy atom. The molecule has 0 saturated carbocycles. The monoisotopic (exact) mass is 530 g/mol. The highest BCUT2D eigenvalue weighted by molar-refractivity contribution is 8.46. The Kier molecular flexibility index (Phi) is 4.59. The molecule has 0 unspecified atom stereocenters. The zero-order valence-corrected chi connectivity index (χ0v) is 17.3. The van der Waals surface area contributed by atoms with Crippen LogP contribution in [0.15, 0.2) is 76.5 Å². The summed E-state index contributed by atoms with van der Waals surface area (Å²) < 4.78 is 140. The molecular weight excluding hydrogens is 518 g/mol. The van der Waals surface area contributed by atoms with Gasteiger partial charge in [-0.2, -0.15) is 0 Å². The molecule has 0 heterocycles. The van der Waals surface area contributed by atoms with Gasteiger partial charge in [0.1, 0.15) is 27.0 Å². The van der Waals surface area contributed by atoms with E-state index in [0.717, 1.165) is 30.3 Å². The van der Waals surface area contributed by atoms with E-state index < -0.39 is 59.0 Å². The van der Waals surface area contributed by atoms with Crippen LogP contribution in [0.5, 0.6) is 28.7 Å². The molecule has 3 rings (SSSR count). The summed E-state index contributed by atoms with van der Waals surface area (Å²) in [5.74, 6) is -3.20. The van der Waals surface area contributed by atoms with Crippen LogP contribution in [-0.2, 0) is 0 Å². The van der Waals surface area contributed by atoms with Crippen molar-refractivity contribution in [1.82, 2.24) is 0 Å². The summed E-state index contributed by atoms with van der Waals surface area (Å²) in [5, 5.41) is 9.59. The molecule has 0 aliphatic carbocycles. The van der Waals surface area contributed by atoms with E-state index >= 15 is 0 Å². The minimum absolute atomic E-state index is 0.00700. The number of hydrogen-bond donors (Lipinski definition) is 1. The summed E-state index contributed by atoms with van der Waals surface area (Å²) in [7, 11) is -20.1. The van der Waals surface area contributed by atoms with E-state index in [1.54, 1.807) is 0 Å². The van der Waals surface area contributed by atoms with Gasteiger partial charge in [0, 0.05) is 18.2 Å². The van der Waals surface area contributed by atoms with E-state index in [-0.39, 0.29) is 24.3 Å². The fraction of sp³-hybridized carbons (Fsp3) is 0. The van der Waals surface area contributed by atoms with E-state index in [4.69, 9.17) is 9.47 Å². The highest BCUT2D eigenvalue weighted by Gasteiger charge is 2.66. The summed E-state index contributed by atoms with van der Waals surface area (Å²) in [6.45, 7) is 0. The van der Waals surface area contributed by atoms with Crippen molar-refractivity contribution in [2.45, 2.75) is 9.79 Å². The maximum atomic E-state index is 13.0. The quantitative estimate of drug-likeness (QED) is 0.322. The molecule has 0 aliphatic rings. The van der Waals surface area contributed by atoms with Gasteiger partial charge in [0.2, 0.25) is 0 Å². The van der Waals surface area contributed by atoms with Gasteiger partial charge in [-0.1, -0.05) is 51.0 Å². The number of rotatable bonds is 6. The maximum absolute atomic E-state index is 13.0. The van der Waals surface area contributed by atoms with Crippen molar-refractivity contribution in [3.05, 3.63) is 66.7 Å². The minimum Gasteiger partial charge on any atom is -0.508 e. The van der Waals surface area contributed by atoms with Crippen LogP contribution in [0.4, 0.5) is 38.9 Å². The van der Waals surface area contributed by atoms with Crippen molar-refractivity contribution in [1.29, 1.82) is 0 Å². The standard InChI is InChI=1S/C18H12F10O3S2/c19-32(20,21,22,23)15-5-1-3-13(10-15)30-17-8-7-12(29)9-18(17)31-14-4-2-6-16(11-14)33(24,25,26,27)28/h1-11,29H. The third-order valence-corrected chi connectivity index (χ3v) is 6.17. The molecule has 0 saturated heterocycles. The van der Waals surface area contributed by atoms with Gasteiger partial charge in [-0.05, 0) is 36.4 Å². The zero-order valence-electron chi connectivity index (χ0n) is 15.7. The van der Waals surface area contributed by atoms with E-state index in [1.807, 2.05) is 0 Å². The fourth-order valence-electron chi connectivity index (χ4n) is 2.47. The Morgan fingerprint density at radius 1 is 0.515 bits per heavy atom. The molecule has 0 bridgehead atoms. The first-order chi connectivity index (χ1) is 14.5. The van der Waals surface area contributed by atoms with Crippen LogP contribution in [0.1, 0.15) is 0 Å². The molecule has 1 N–H and O–H groups in total. The molecule has 3 aromatic carbocycles. The van der Waals surface area contributed by atoms with Crippen molar-refractivity contribution in [2.24, 2.45) is 0 Å². The average Bonchev–Trinajstić information content (AvgIpc) is 2.61. The Labute approximate surface area is 179 Å². The van der Waals surface area contributed by atoms with Crippen LogP contribution in [0, 0.1) is 0 Å². The Hall–Kier alpha value is -2.94. The zero-order chi connectivity index (χ0) is 25.1. The van der Waals surface area contributed by atoms with Crippen molar-refractivity contribution in [3.63, 3.8) is 0 Å². The molecule has 0 amide bonds. The summed E-state index contributed by atoms with van der Waals surface area (Å²) in [4.78, 5) is -4.55. The summed E-state index contributed by atoms with van der Waals surface area (Å²) >= 11 is 0. The molecule has 3 nitrogen and oxygen atoms in total. The van der Waals surface area contributed by atoms with Gasteiger partial charge in [0.25, 0.3) is 0 Å². The average molecular weight is 530 g/mol. The molecule has 0 spiro atoms. The first kappa shape index (κ1) is 24.7. The Balaban J connectivity index is 1.99. The normalized spacial score (nSPS) is 16.7. The van der Waals surface area contributed by atoms with Crippen molar-refractivity contribution >= 4 is 20.4 Å². The second-order valence-electron chi connectivity index (χ2n) is 6.72. The molecule has 0 aromatic heterocycles. The van der Waals surface area contributed by atoms with Crippen LogP contribution in [0.3, 0.4) is 0 Å². The molecule has 0 fully saturated rings. The number of benzene rings is 3. The lowest BCUT2D eigenvalue weighted by molar-refractivity contribution is 0.358. The summed E-state index contributed by atoms with van der Waals surface area (Å²) in [5.41, 5.74) is 0. The van der Waals surface area contributed by atoms with Crippen LogP contribution < -0.4 is 9.47 Å². The summed E-state index contributed by atoms with van der Waals surface area (Å²) in [6.07, 6.45) is 0. The molecule has 33 heavy (non-hydrogen) atoms. The lowest BCUT2D eigenvalue weighted by atomic mass is 10.3. The molecule has 0 radical (unpaired) electrons. The smallest absolute Gasteiger partial charge is 0.310 e. The predicted molar refractivity (Wildman–Crippen MR) is 104 cm³/mol. The predicted octanol–water partition coefficient (Wildman–Crippen LogP) is 10.3. The van der Waals surface area contributed by atoms with Gasteiger partial charge in [-0.3, -0.25) is 0 Å². The highest BCUT2D eigenvalue weighted by Crippen LogP contribution is 3.02. The second kappa shape index (κ2) is 6.14. The van der Waals surface area contributed by atoms with Gasteiger partial charge in [-0.25, -0.2) is 0 Å². The number of aromatic hydroxyl groups is 1. The van der Waals surface area contributed by atoms with Gasteiger partial charge in [0.15, 0.2) is 11.5 Å². The van der Waals surface area contributed by atoms with Gasteiger partial charge < -0.3 is 14.6 Å². The van der Waals surface area contributed by atoms with Crippen LogP contribution in [0.2, 0.25) is 0 Å². The summed E-state index contributed by atoms with van der Waals surface area (Å²) in [6, 6.07) is 5.79. The first-order valence-corrected chi connectivity index (χ1v) is 12.3. The lowest BCUT2D eigenvalue weighted by Crippen LogP contribution is -2.06. The molecule has 15 heteroatoms. The van der Waals surface area contributed by atoms with Gasteiger partial charge in [-0.15, -0.1) is 0 Å². The molecular formula is C18H12F10O3S2. The molecule has 3 aromatic rings. The van der Waals surface area contributed by atoms with E-state index in [2.05, 4.69) is 0 Å². The minimum atomic E-state index is -10.1. The van der Waals surface area contributed by atoms with Crippen molar-refractivity contribution in [3.8, 4) is 28.7 Å². The van der Waals surface area contributed by atoms with Crippen LogP contribution >= 0.6 is 20.4 Å². The number of halogens is 10. The van der Waals surface area contributed by atoms with Crippen molar-refractivity contribution in [2.75, 3.05) is 0 Å². The number of ether oxygens (including phenoxy) is 2. The SMILES string of the molecule is Oc1ccc(Oc2cccc(S(F)(F)(F)(F)F)c2)c(Oc2cccc(S(F)(F)(F)(F)F)c2)c1. The molecule has 184 valence electrons. The number of hydrogen-bond acceptors (Lipinski definition) is 3. The highest BCUT2D eigenvalue weighted by atomic mass is 32.5. The number of phenolic OH excluding ortho intramolecular Hbond substituents is 1. The van der Waals surface area contributed by atoms with E-state index in [9.17, 15) is 44.0 Å². The lowest BCUT2D eigenvalue weighted by Gasteiger charge is -2.40. The van der Waals surface area contributed by atoms with Gasteiger partial charge in [0.05, 0.1) is 0 Å². The third-order valence-electron chi connectivity index (χ3n) is 3.88. The largest absolute Gasteiger partial charge is 0.508 e. The van der Waals surface area contributed by atoms with Gasteiger partial charge >= 0.3 is 20.4 Å². The number of phenols is 1. The third kappa shape index (κ3) is 6.31. The van der Waals surface area contributed by atoms with Crippen molar-refractivity contribution < 1.29 is 53.4 Å². The maximum Gasteiger partial charge on any atom is 0.310 e. The Bertz CT molecular complexity index is 1240. The van der Waals surface area contributed by atoms with Crippen LogP contribution in [0.25, 0.3) is 0 Å². The molecule has 0 aliphatic heterocycles.